The van der Waals surface area contributed by atoms with Crippen molar-refractivity contribution in [2.75, 3.05) is 13.2 Å². The highest BCUT2D eigenvalue weighted by molar-refractivity contribution is 6.05. The number of benzene rings is 1. The van der Waals surface area contributed by atoms with Crippen molar-refractivity contribution >= 4 is 5.71 Å². The van der Waals surface area contributed by atoms with Crippen molar-refractivity contribution in [1.82, 2.24) is 5.32 Å². The minimum absolute atomic E-state index is 0.766. The molecule has 2 heteroatoms. The number of hydrogen-bond donors (Lipinski definition) is 1. The summed E-state index contributed by atoms with van der Waals surface area (Å²) in [5.74, 6) is 0. The second kappa shape index (κ2) is 3.54. The maximum atomic E-state index is 4.46. The Kier molecular flexibility index (Phi) is 2.38. The maximum Gasteiger partial charge on any atom is 0.0891 e. The average Bonchev–Trinajstić information content (AvgIpc) is 2.54. The third-order valence-corrected chi connectivity index (χ3v) is 2.64. The fraction of sp³-hybridized carbons (Fsp3) is 0.417. The number of nitrogens with zero attached hydrogens (tertiary/aromatic N) is 1. The molecule has 0 unspecified atom stereocenters. The lowest BCUT2D eigenvalue weighted by Crippen LogP contribution is -2.15. The van der Waals surface area contributed by atoms with Gasteiger partial charge >= 0.3 is 0 Å². The summed E-state index contributed by atoms with van der Waals surface area (Å²) in [6.45, 7) is 8.14. The summed E-state index contributed by atoms with van der Waals surface area (Å²) in [6.07, 6.45) is 0. The molecule has 1 aromatic rings. The third-order valence-electron chi connectivity index (χ3n) is 2.64. The molecule has 0 amide bonds. The van der Waals surface area contributed by atoms with Crippen LogP contribution in [0.2, 0.25) is 0 Å². The largest absolute Gasteiger partial charge is 0.293 e. The van der Waals surface area contributed by atoms with Crippen LogP contribution in [-0.4, -0.2) is 18.9 Å². The first-order valence-electron chi connectivity index (χ1n) is 5.01. The Morgan fingerprint density at radius 2 is 1.79 bits per heavy atom. The zero-order chi connectivity index (χ0) is 10.1. The van der Waals surface area contributed by atoms with Gasteiger partial charge in [0.15, 0.2) is 0 Å². The van der Waals surface area contributed by atoms with E-state index in [4.69, 9.17) is 0 Å². The molecule has 0 radical (unpaired) electrons. The Bertz CT molecular complexity index is 368. The first-order valence-corrected chi connectivity index (χ1v) is 5.01. The van der Waals surface area contributed by atoms with Crippen molar-refractivity contribution in [1.29, 1.82) is 0 Å². The second-order valence-corrected chi connectivity index (χ2v) is 3.96. The van der Waals surface area contributed by atoms with Crippen LogP contribution in [0.4, 0.5) is 0 Å². The summed E-state index contributed by atoms with van der Waals surface area (Å²) in [6, 6.07) is 4.45. The van der Waals surface area contributed by atoms with Crippen molar-refractivity contribution in [3.63, 3.8) is 0 Å². The van der Waals surface area contributed by atoms with Crippen molar-refractivity contribution in [3.05, 3.63) is 34.4 Å². The fourth-order valence-corrected chi connectivity index (χ4v) is 2.18. The molecule has 1 heterocycles. The van der Waals surface area contributed by atoms with Gasteiger partial charge in [0, 0.05) is 12.1 Å². The van der Waals surface area contributed by atoms with E-state index in [0.29, 0.717) is 0 Å². The van der Waals surface area contributed by atoms with E-state index < -0.39 is 0 Å². The van der Waals surface area contributed by atoms with Gasteiger partial charge in [0.05, 0.1) is 12.4 Å². The lowest BCUT2D eigenvalue weighted by Gasteiger charge is -2.10. The van der Waals surface area contributed by atoms with Gasteiger partial charge in [0.25, 0.3) is 0 Å². The van der Waals surface area contributed by atoms with Crippen LogP contribution in [0.5, 0.6) is 0 Å². The highest BCUT2D eigenvalue weighted by atomic mass is 15.1. The molecule has 0 spiro atoms. The van der Waals surface area contributed by atoms with Gasteiger partial charge in [-0.1, -0.05) is 17.7 Å². The fourth-order valence-electron chi connectivity index (χ4n) is 2.18. The Hall–Kier alpha value is -1.15. The van der Waals surface area contributed by atoms with Crippen LogP contribution in [0.15, 0.2) is 17.1 Å². The highest BCUT2D eigenvalue weighted by Crippen LogP contribution is 2.18. The number of rotatable bonds is 1. The zero-order valence-corrected chi connectivity index (χ0v) is 9.02. The lowest BCUT2D eigenvalue weighted by molar-refractivity contribution is 0.850. The van der Waals surface area contributed by atoms with Gasteiger partial charge < -0.3 is 0 Å². The first kappa shape index (κ1) is 9.41. The molecule has 74 valence electrons. The standard InChI is InChI=1S/C12H16N2/c1-8-4-9(2)12(10(3)5-8)11-6-13-7-14-11/h4-5,13H,6-7H2,1-3H3. The summed E-state index contributed by atoms with van der Waals surface area (Å²) in [7, 11) is 0. The van der Waals surface area contributed by atoms with Gasteiger partial charge in [0.2, 0.25) is 0 Å². The molecule has 1 N–H and O–H groups in total. The van der Waals surface area contributed by atoms with Gasteiger partial charge in [-0.3, -0.25) is 10.3 Å². The van der Waals surface area contributed by atoms with Gasteiger partial charge in [-0.15, -0.1) is 0 Å². The molecule has 0 aromatic heterocycles. The zero-order valence-electron chi connectivity index (χ0n) is 9.02. The van der Waals surface area contributed by atoms with Gasteiger partial charge in [-0.25, -0.2) is 0 Å². The number of nitrogens with one attached hydrogen (secondary N) is 1. The van der Waals surface area contributed by atoms with Gasteiger partial charge in [0.1, 0.15) is 0 Å². The van der Waals surface area contributed by atoms with E-state index in [1.54, 1.807) is 0 Å². The molecule has 2 nitrogen and oxygen atoms in total. The molecule has 14 heavy (non-hydrogen) atoms. The van der Waals surface area contributed by atoms with Crippen molar-refractivity contribution < 1.29 is 0 Å². The van der Waals surface area contributed by atoms with E-state index in [9.17, 15) is 0 Å². The molecule has 0 saturated heterocycles. The molecule has 0 fully saturated rings. The van der Waals surface area contributed by atoms with Crippen LogP contribution in [0.1, 0.15) is 22.3 Å². The van der Waals surface area contributed by atoms with Gasteiger partial charge in [-0.2, -0.15) is 0 Å². The van der Waals surface area contributed by atoms with Crippen LogP contribution in [0.3, 0.4) is 0 Å². The van der Waals surface area contributed by atoms with E-state index in [2.05, 4.69) is 43.2 Å². The third kappa shape index (κ3) is 1.58. The summed E-state index contributed by atoms with van der Waals surface area (Å²) >= 11 is 0. The second-order valence-electron chi connectivity index (χ2n) is 3.96. The number of aliphatic imine (C=N–C) groups is 1. The Balaban J connectivity index is 2.52. The quantitative estimate of drug-likeness (QED) is 0.716. The molecule has 1 aromatic carbocycles. The van der Waals surface area contributed by atoms with Crippen molar-refractivity contribution in [2.24, 2.45) is 4.99 Å². The minimum atomic E-state index is 0.766. The van der Waals surface area contributed by atoms with E-state index in [-0.39, 0.29) is 0 Å². The SMILES string of the molecule is Cc1cc(C)c(C2=NCNC2)c(C)c1. The van der Waals surface area contributed by atoms with Gasteiger partial charge in [-0.05, 0) is 31.9 Å². The molecule has 0 saturated carbocycles. The van der Waals surface area contributed by atoms with Crippen molar-refractivity contribution in [2.45, 2.75) is 20.8 Å². The summed E-state index contributed by atoms with van der Waals surface area (Å²) in [5, 5.41) is 3.24. The lowest BCUT2D eigenvalue weighted by atomic mass is 9.96. The topological polar surface area (TPSA) is 24.4 Å². The molecule has 2 rings (SSSR count). The smallest absolute Gasteiger partial charge is 0.0891 e. The van der Waals surface area contributed by atoms with Crippen LogP contribution >= 0.6 is 0 Å². The molecule has 0 aliphatic carbocycles. The molecule has 0 bridgehead atoms. The van der Waals surface area contributed by atoms with E-state index in [0.717, 1.165) is 13.2 Å². The van der Waals surface area contributed by atoms with Crippen LogP contribution in [0, 0.1) is 20.8 Å². The molecule has 0 atom stereocenters. The monoisotopic (exact) mass is 188 g/mol. The van der Waals surface area contributed by atoms with Crippen LogP contribution < -0.4 is 5.32 Å². The van der Waals surface area contributed by atoms with Crippen LogP contribution in [0.25, 0.3) is 0 Å². The van der Waals surface area contributed by atoms with E-state index in [1.165, 1.54) is 28.0 Å². The first-order chi connectivity index (χ1) is 6.68. The number of hydrogen-bond acceptors (Lipinski definition) is 2. The minimum Gasteiger partial charge on any atom is -0.293 e. The Morgan fingerprint density at radius 1 is 1.14 bits per heavy atom. The Morgan fingerprint density at radius 3 is 2.29 bits per heavy atom. The van der Waals surface area contributed by atoms with E-state index in [1.807, 2.05) is 0 Å². The van der Waals surface area contributed by atoms with Crippen molar-refractivity contribution in [3.8, 4) is 0 Å². The number of aryl methyl sites for hydroxylation is 3. The summed E-state index contributed by atoms with van der Waals surface area (Å²) in [4.78, 5) is 4.46. The molecule has 1 aliphatic heterocycles. The predicted molar refractivity (Wildman–Crippen MR) is 60.1 cm³/mol. The summed E-state index contributed by atoms with van der Waals surface area (Å²) in [5.41, 5.74) is 6.55. The molecular weight excluding hydrogens is 172 g/mol. The molecule has 1 aliphatic rings. The van der Waals surface area contributed by atoms with E-state index >= 15 is 0 Å². The van der Waals surface area contributed by atoms with Crippen LogP contribution in [-0.2, 0) is 0 Å². The Labute approximate surface area is 85.1 Å². The highest BCUT2D eigenvalue weighted by Gasteiger charge is 2.13. The summed E-state index contributed by atoms with van der Waals surface area (Å²) < 4.78 is 0. The predicted octanol–water partition coefficient (Wildman–Crippen LogP) is 1.96. The maximum absolute atomic E-state index is 4.46. The normalized spacial score (nSPS) is 15.8. The molecular formula is C12H16N2. The average molecular weight is 188 g/mol.